The Kier molecular flexibility index (Phi) is 3.57. The highest BCUT2D eigenvalue weighted by Gasteiger charge is 2.22. The van der Waals surface area contributed by atoms with E-state index in [1.165, 1.54) is 4.90 Å². The van der Waals surface area contributed by atoms with Crippen molar-refractivity contribution >= 4 is 5.91 Å². The molecule has 2 rings (SSSR count). The van der Waals surface area contributed by atoms with E-state index in [0.29, 0.717) is 5.75 Å². The van der Waals surface area contributed by atoms with Crippen molar-refractivity contribution in [3.8, 4) is 5.75 Å². The summed E-state index contributed by atoms with van der Waals surface area (Å²) in [7, 11) is 3.42. The zero-order valence-corrected chi connectivity index (χ0v) is 11.0. The number of carbonyl (C=O) groups excluding carboxylic acids is 1. The molecule has 0 heterocycles. The van der Waals surface area contributed by atoms with E-state index in [9.17, 15) is 9.90 Å². The maximum absolute atomic E-state index is 11.7. The monoisotopic (exact) mass is 249 g/mol. The van der Waals surface area contributed by atoms with Gasteiger partial charge in [-0.3, -0.25) is 4.79 Å². The van der Waals surface area contributed by atoms with Gasteiger partial charge in [-0.1, -0.05) is 6.07 Å². The van der Waals surface area contributed by atoms with Gasteiger partial charge in [-0.2, -0.15) is 0 Å². The van der Waals surface area contributed by atoms with Gasteiger partial charge in [0.15, 0.2) is 6.10 Å². The van der Waals surface area contributed by atoms with Crippen LogP contribution in [0.15, 0.2) is 18.2 Å². The van der Waals surface area contributed by atoms with Crippen molar-refractivity contribution < 1.29 is 14.6 Å². The van der Waals surface area contributed by atoms with Gasteiger partial charge in [0.1, 0.15) is 5.75 Å². The summed E-state index contributed by atoms with van der Waals surface area (Å²) in [5.74, 6) is 0.626. The van der Waals surface area contributed by atoms with Gasteiger partial charge in [0, 0.05) is 14.1 Å². The fourth-order valence-electron chi connectivity index (χ4n) is 2.26. The lowest BCUT2D eigenvalue weighted by Crippen LogP contribution is -2.35. The largest absolute Gasteiger partial charge is 0.481 e. The Morgan fingerprint density at radius 1 is 1.50 bits per heavy atom. The summed E-state index contributed by atoms with van der Waals surface area (Å²) in [5.41, 5.74) is 2.10. The van der Waals surface area contributed by atoms with Crippen LogP contribution in [-0.4, -0.2) is 36.1 Å². The van der Waals surface area contributed by atoms with Gasteiger partial charge in [0.25, 0.3) is 5.91 Å². The molecule has 1 unspecified atom stereocenters. The molecule has 0 bridgehead atoms. The molecule has 4 nitrogen and oxygen atoms in total. The Morgan fingerprint density at radius 3 is 2.89 bits per heavy atom. The summed E-state index contributed by atoms with van der Waals surface area (Å²) in [6.07, 6.45) is 0.786. The maximum Gasteiger partial charge on any atom is 0.262 e. The van der Waals surface area contributed by atoms with Crippen LogP contribution in [0.3, 0.4) is 0 Å². The van der Waals surface area contributed by atoms with Crippen LogP contribution in [0.1, 0.15) is 30.6 Å². The van der Waals surface area contributed by atoms with Crippen LogP contribution in [0.5, 0.6) is 5.75 Å². The molecule has 0 aliphatic heterocycles. The molecule has 4 heteroatoms. The number of hydrogen-bond donors (Lipinski definition) is 1. The Morgan fingerprint density at radius 2 is 2.22 bits per heavy atom. The van der Waals surface area contributed by atoms with Crippen LogP contribution >= 0.6 is 0 Å². The summed E-state index contributed by atoms with van der Waals surface area (Å²) in [6, 6.07) is 5.62. The number of fused-ring (bicyclic) bond motifs is 1. The summed E-state index contributed by atoms with van der Waals surface area (Å²) >= 11 is 0. The number of aliphatic hydroxyl groups is 1. The highest BCUT2D eigenvalue weighted by molar-refractivity contribution is 5.80. The molecule has 0 aromatic heterocycles. The van der Waals surface area contributed by atoms with E-state index in [-0.39, 0.29) is 12.0 Å². The first-order valence-electron chi connectivity index (χ1n) is 6.17. The lowest BCUT2D eigenvalue weighted by Gasteiger charge is -2.18. The van der Waals surface area contributed by atoms with Crippen molar-refractivity contribution in [1.29, 1.82) is 0 Å². The standard InChI is InChI=1S/C14H19NO3/c1-9(14(17)15(2)3)18-11-5-6-12-10(8-11)4-7-13(12)16/h5-6,8-9,13,16H,4,7H2,1-3H3/t9?,13-/m1/s1. The summed E-state index contributed by atoms with van der Waals surface area (Å²) < 4.78 is 5.63. The number of aryl methyl sites for hydroxylation is 1. The minimum Gasteiger partial charge on any atom is -0.481 e. The predicted octanol–water partition coefficient (Wildman–Crippen LogP) is 1.52. The Balaban J connectivity index is 2.09. The lowest BCUT2D eigenvalue weighted by atomic mass is 10.1. The summed E-state index contributed by atoms with van der Waals surface area (Å²) in [4.78, 5) is 13.2. The fraction of sp³-hybridized carbons (Fsp3) is 0.500. The first-order valence-corrected chi connectivity index (χ1v) is 6.17. The molecule has 1 amide bonds. The van der Waals surface area contributed by atoms with Crippen molar-refractivity contribution in [3.05, 3.63) is 29.3 Å². The number of nitrogens with zero attached hydrogens (tertiary/aromatic N) is 1. The van der Waals surface area contributed by atoms with Gasteiger partial charge < -0.3 is 14.7 Å². The van der Waals surface area contributed by atoms with Crippen molar-refractivity contribution in [2.45, 2.75) is 32.0 Å². The van der Waals surface area contributed by atoms with Gasteiger partial charge in [-0.25, -0.2) is 0 Å². The van der Waals surface area contributed by atoms with Crippen LogP contribution < -0.4 is 4.74 Å². The second-order valence-corrected chi connectivity index (χ2v) is 4.91. The third-order valence-corrected chi connectivity index (χ3v) is 3.26. The Labute approximate surface area is 107 Å². The van der Waals surface area contributed by atoms with Gasteiger partial charge in [-0.05, 0) is 43.0 Å². The van der Waals surface area contributed by atoms with Crippen molar-refractivity contribution in [1.82, 2.24) is 4.90 Å². The van der Waals surface area contributed by atoms with E-state index >= 15 is 0 Å². The minimum absolute atomic E-state index is 0.0597. The fourth-order valence-corrected chi connectivity index (χ4v) is 2.26. The highest BCUT2D eigenvalue weighted by atomic mass is 16.5. The van der Waals surface area contributed by atoms with Gasteiger partial charge in [0.05, 0.1) is 6.10 Å². The molecular formula is C14H19NO3. The second-order valence-electron chi connectivity index (χ2n) is 4.91. The zero-order valence-electron chi connectivity index (χ0n) is 11.0. The number of rotatable bonds is 3. The number of ether oxygens (including phenoxy) is 1. The molecule has 0 spiro atoms. The maximum atomic E-state index is 11.7. The molecular weight excluding hydrogens is 230 g/mol. The SMILES string of the molecule is CC(Oc1ccc2c(c1)CC[C@H]2O)C(=O)N(C)C. The number of likely N-dealkylation sites (N-methyl/N-ethyl adjacent to an activating group) is 1. The number of hydrogen-bond acceptors (Lipinski definition) is 3. The van der Waals surface area contributed by atoms with Crippen LogP contribution in [0.2, 0.25) is 0 Å². The summed E-state index contributed by atoms with van der Waals surface area (Å²) in [6.45, 7) is 1.74. The third-order valence-electron chi connectivity index (χ3n) is 3.26. The first-order chi connectivity index (χ1) is 8.49. The lowest BCUT2D eigenvalue weighted by molar-refractivity contribution is -0.135. The van der Waals surface area contributed by atoms with Crippen LogP contribution in [0, 0.1) is 0 Å². The molecule has 1 aliphatic rings. The molecule has 0 fully saturated rings. The number of aliphatic hydroxyl groups excluding tert-OH is 1. The molecule has 98 valence electrons. The van der Waals surface area contributed by atoms with Crippen LogP contribution in [0.25, 0.3) is 0 Å². The average Bonchev–Trinajstić information content (AvgIpc) is 2.69. The normalized spacial score (nSPS) is 19.2. The molecule has 1 aliphatic carbocycles. The van der Waals surface area contributed by atoms with E-state index < -0.39 is 6.10 Å². The minimum atomic E-state index is -0.496. The number of carbonyl (C=O) groups is 1. The molecule has 18 heavy (non-hydrogen) atoms. The van der Waals surface area contributed by atoms with E-state index in [0.717, 1.165) is 24.0 Å². The molecule has 2 atom stereocenters. The molecule has 0 saturated heterocycles. The smallest absolute Gasteiger partial charge is 0.262 e. The molecule has 0 saturated carbocycles. The van der Waals surface area contributed by atoms with Crippen LogP contribution in [0.4, 0.5) is 0 Å². The number of amides is 1. The Hall–Kier alpha value is -1.55. The van der Waals surface area contributed by atoms with Gasteiger partial charge in [-0.15, -0.1) is 0 Å². The van der Waals surface area contributed by atoms with E-state index in [1.54, 1.807) is 21.0 Å². The number of benzene rings is 1. The van der Waals surface area contributed by atoms with Crippen LogP contribution in [-0.2, 0) is 11.2 Å². The quantitative estimate of drug-likeness (QED) is 0.883. The third kappa shape index (κ3) is 2.48. The molecule has 1 N–H and O–H groups in total. The molecule has 1 aromatic carbocycles. The summed E-state index contributed by atoms with van der Waals surface area (Å²) in [5, 5.41) is 9.71. The molecule has 0 radical (unpaired) electrons. The van der Waals surface area contributed by atoms with E-state index in [4.69, 9.17) is 4.74 Å². The van der Waals surface area contributed by atoms with Gasteiger partial charge in [0.2, 0.25) is 0 Å². The topological polar surface area (TPSA) is 49.8 Å². The zero-order chi connectivity index (χ0) is 13.3. The van der Waals surface area contributed by atoms with Gasteiger partial charge >= 0.3 is 0 Å². The predicted molar refractivity (Wildman–Crippen MR) is 68.5 cm³/mol. The van der Waals surface area contributed by atoms with Crippen molar-refractivity contribution in [3.63, 3.8) is 0 Å². The Bertz CT molecular complexity index is 456. The van der Waals surface area contributed by atoms with Crippen molar-refractivity contribution in [2.24, 2.45) is 0 Å². The molecule has 1 aromatic rings. The van der Waals surface area contributed by atoms with E-state index in [1.807, 2.05) is 18.2 Å². The average molecular weight is 249 g/mol. The first kappa shape index (κ1) is 12.9. The second kappa shape index (κ2) is 4.98. The van der Waals surface area contributed by atoms with E-state index in [2.05, 4.69) is 0 Å². The van der Waals surface area contributed by atoms with Crippen molar-refractivity contribution in [2.75, 3.05) is 14.1 Å². The highest BCUT2D eigenvalue weighted by Crippen LogP contribution is 2.33.